The van der Waals surface area contributed by atoms with E-state index in [0.717, 1.165) is 17.0 Å². The van der Waals surface area contributed by atoms with Gasteiger partial charge in [0.1, 0.15) is 17.7 Å². The molecule has 98 valence electrons. The van der Waals surface area contributed by atoms with Gasteiger partial charge in [0.05, 0.1) is 12.1 Å². The second kappa shape index (κ2) is 5.54. The van der Waals surface area contributed by atoms with Crippen molar-refractivity contribution in [1.82, 2.24) is 0 Å². The minimum atomic E-state index is -1.36. The number of rotatable bonds is 4. The summed E-state index contributed by atoms with van der Waals surface area (Å²) in [5.41, 5.74) is 5.05. The molecule has 0 heterocycles. The molecule has 1 atom stereocenters. The van der Waals surface area contributed by atoms with Gasteiger partial charge in [0.2, 0.25) is 5.91 Å². The number of hydrogen-bond donors (Lipinski definition) is 2. The van der Waals surface area contributed by atoms with Crippen LogP contribution in [0.2, 0.25) is 0 Å². The fourth-order valence-electron chi connectivity index (χ4n) is 1.30. The van der Waals surface area contributed by atoms with Crippen LogP contribution in [-0.4, -0.2) is 30.1 Å². The molecule has 0 fully saturated rings. The maximum absolute atomic E-state index is 13.4. The first kappa shape index (κ1) is 14.0. The number of nitrogens with two attached hydrogens (primary N) is 1. The molecule has 0 aromatic heterocycles. The average Bonchev–Trinajstić information content (AvgIpc) is 2.27. The van der Waals surface area contributed by atoms with E-state index >= 15 is 0 Å². The Kier molecular flexibility index (Phi) is 4.33. The van der Waals surface area contributed by atoms with Crippen LogP contribution < -0.4 is 10.6 Å². The number of carbonyl (C=O) groups excluding carboxylic acids is 1. The Balaban J connectivity index is 2.83. The van der Waals surface area contributed by atoms with Crippen LogP contribution in [-0.2, 0) is 9.59 Å². The third-order valence-corrected chi connectivity index (χ3v) is 2.36. The van der Waals surface area contributed by atoms with Crippen molar-refractivity contribution in [2.24, 2.45) is 5.73 Å². The third-order valence-electron chi connectivity index (χ3n) is 2.36. The van der Waals surface area contributed by atoms with Gasteiger partial charge in [0.25, 0.3) is 0 Å². The van der Waals surface area contributed by atoms with Crippen LogP contribution in [0.4, 0.5) is 14.5 Å². The number of carbonyl (C=O) groups is 2. The maximum Gasteiger partial charge on any atom is 0.321 e. The summed E-state index contributed by atoms with van der Waals surface area (Å²) in [6.07, 6.45) is -0.470. The Labute approximate surface area is 102 Å². The predicted molar refractivity (Wildman–Crippen MR) is 60.0 cm³/mol. The van der Waals surface area contributed by atoms with E-state index in [9.17, 15) is 18.4 Å². The highest BCUT2D eigenvalue weighted by atomic mass is 19.1. The highest BCUT2D eigenvalue weighted by Gasteiger charge is 2.21. The Morgan fingerprint density at radius 3 is 2.56 bits per heavy atom. The lowest BCUT2D eigenvalue weighted by Gasteiger charge is -2.19. The Hall–Kier alpha value is -2.02. The van der Waals surface area contributed by atoms with E-state index < -0.39 is 36.0 Å². The number of carboxylic acids is 1. The second-order valence-electron chi connectivity index (χ2n) is 3.70. The summed E-state index contributed by atoms with van der Waals surface area (Å²) < 4.78 is 26.1. The van der Waals surface area contributed by atoms with Crippen LogP contribution >= 0.6 is 0 Å². The van der Waals surface area contributed by atoms with Crippen molar-refractivity contribution in [3.63, 3.8) is 0 Å². The minimum Gasteiger partial charge on any atom is -0.480 e. The van der Waals surface area contributed by atoms with Gasteiger partial charge >= 0.3 is 5.97 Å². The largest absolute Gasteiger partial charge is 0.480 e. The third kappa shape index (κ3) is 3.24. The van der Waals surface area contributed by atoms with E-state index in [1.165, 1.54) is 7.05 Å². The summed E-state index contributed by atoms with van der Waals surface area (Å²) in [6.45, 7) is 0. The predicted octanol–water partition coefficient (Wildman–Crippen LogP) is 0.730. The standard InChI is InChI=1S/C11H12F2N2O3/c1-15(10(16)5-8(14)11(17)18)9-3-2-6(12)4-7(9)13/h2-4,8H,5,14H2,1H3,(H,17,18). The van der Waals surface area contributed by atoms with Gasteiger partial charge < -0.3 is 15.7 Å². The van der Waals surface area contributed by atoms with Crippen molar-refractivity contribution in [3.05, 3.63) is 29.8 Å². The van der Waals surface area contributed by atoms with Gasteiger partial charge in [-0.3, -0.25) is 9.59 Å². The zero-order valence-corrected chi connectivity index (χ0v) is 9.56. The van der Waals surface area contributed by atoms with Crippen molar-refractivity contribution in [2.45, 2.75) is 12.5 Å². The fraction of sp³-hybridized carbons (Fsp3) is 0.273. The lowest BCUT2D eigenvalue weighted by Crippen LogP contribution is -2.38. The van der Waals surface area contributed by atoms with Gasteiger partial charge in [-0.15, -0.1) is 0 Å². The van der Waals surface area contributed by atoms with Gasteiger partial charge in [-0.05, 0) is 12.1 Å². The highest BCUT2D eigenvalue weighted by Crippen LogP contribution is 2.19. The molecule has 7 heteroatoms. The molecular formula is C11H12F2N2O3. The molecule has 1 rings (SSSR count). The van der Waals surface area contributed by atoms with E-state index in [0.29, 0.717) is 6.07 Å². The number of nitrogens with zero attached hydrogens (tertiary/aromatic N) is 1. The lowest BCUT2D eigenvalue weighted by atomic mass is 10.2. The lowest BCUT2D eigenvalue weighted by molar-refractivity contribution is -0.140. The Morgan fingerprint density at radius 1 is 1.44 bits per heavy atom. The minimum absolute atomic E-state index is 0.140. The van der Waals surface area contributed by atoms with Gasteiger partial charge in [0.15, 0.2) is 0 Å². The number of amides is 1. The van der Waals surface area contributed by atoms with Crippen LogP contribution in [0, 0.1) is 11.6 Å². The van der Waals surface area contributed by atoms with Gasteiger partial charge in [-0.2, -0.15) is 0 Å². The average molecular weight is 258 g/mol. The molecule has 0 radical (unpaired) electrons. The van der Waals surface area contributed by atoms with E-state index in [1.54, 1.807) is 0 Å². The molecule has 1 aromatic rings. The summed E-state index contributed by atoms with van der Waals surface area (Å²) >= 11 is 0. The van der Waals surface area contributed by atoms with E-state index in [1.807, 2.05) is 0 Å². The first-order chi connectivity index (χ1) is 8.32. The molecule has 0 saturated heterocycles. The molecule has 0 aliphatic heterocycles. The monoisotopic (exact) mass is 258 g/mol. The van der Waals surface area contributed by atoms with E-state index in [4.69, 9.17) is 10.8 Å². The van der Waals surface area contributed by atoms with Crippen molar-refractivity contribution in [3.8, 4) is 0 Å². The second-order valence-corrected chi connectivity index (χ2v) is 3.70. The number of benzene rings is 1. The number of hydrogen-bond acceptors (Lipinski definition) is 3. The highest BCUT2D eigenvalue weighted by molar-refractivity contribution is 5.95. The molecule has 0 spiro atoms. The molecule has 0 aliphatic carbocycles. The number of halogens is 2. The molecular weight excluding hydrogens is 246 g/mol. The summed E-state index contributed by atoms with van der Waals surface area (Å²) in [5, 5.41) is 8.55. The molecule has 0 saturated carbocycles. The molecule has 3 N–H and O–H groups in total. The first-order valence-corrected chi connectivity index (χ1v) is 5.03. The summed E-state index contributed by atoms with van der Waals surface area (Å²) in [7, 11) is 1.26. The molecule has 1 unspecified atom stereocenters. The zero-order valence-electron chi connectivity index (χ0n) is 9.56. The van der Waals surface area contributed by atoms with E-state index in [2.05, 4.69) is 0 Å². The van der Waals surface area contributed by atoms with Crippen LogP contribution in [0.1, 0.15) is 6.42 Å². The number of aliphatic carboxylic acids is 1. The van der Waals surface area contributed by atoms with Crippen molar-refractivity contribution >= 4 is 17.6 Å². The van der Waals surface area contributed by atoms with Crippen molar-refractivity contribution in [1.29, 1.82) is 0 Å². The quantitative estimate of drug-likeness (QED) is 0.833. The molecule has 1 aromatic carbocycles. The zero-order chi connectivity index (χ0) is 13.9. The first-order valence-electron chi connectivity index (χ1n) is 5.03. The maximum atomic E-state index is 13.4. The van der Waals surface area contributed by atoms with Gasteiger partial charge in [-0.1, -0.05) is 0 Å². The SMILES string of the molecule is CN(C(=O)CC(N)C(=O)O)c1ccc(F)cc1F. The molecule has 5 nitrogen and oxygen atoms in total. The van der Waals surface area contributed by atoms with Crippen molar-refractivity contribution < 1.29 is 23.5 Å². The fourth-order valence-corrected chi connectivity index (χ4v) is 1.30. The summed E-state index contributed by atoms with van der Waals surface area (Å²) in [4.78, 5) is 23.0. The normalized spacial score (nSPS) is 12.0. The Bertz CT molecular complexity index is 479. The smallest absolute Gasteiger partial charge is 0.321 e. The number of anilines is 1. The van der Waals surface area contributed by atoms with Crippen LogP contribution in [0.3, 0.4) is 0 Å². The summed E-state index contributed by atoms with van der Waals surface area (Å²) in [5.74, 6) is -3.67. The van der Waals surface area contributed by atoms with Crippen LogP contribution in [0.5, 0.6) is 0 Å². The van der Waals surface area contributed by atoms with E-state index in [-0.39, 0.29) is 5.69 Å². The topological polar surface area (TPSA) is 83.6 Å². The molecule has 18 heavy (non-hydrogen) atoms. The van der Waals surface area contributed by atoms with Crippen LogP contribution in [0.25, 0.3) is 0 Å². The molecule has 1 amide bonds. The Morgan fingerprint density at radius 2 is 2.06 bits per heavy atom. The van der Waals surface area contributed by atoms with Gasteiger partial charge in [-0.25, -0.2) is 8.78 Å². The van der Waals surface area contributed by atoms with Crippen LogP contribution in [0.15, 0.2) is 18.2 Å². The van der Waals surface area contributed by atoms with Gasteiger partial charge in [0, 0.05) is 13.1 Å². The number of carboxylic acid groups (broad SMARTS) is 1. The molecule has 0 aliphatic rings. The summed E-state index contributed by atoms with van der Waals surface area (Å²) in [6, 6.07) is 1.37. The van der Waals surface area contributed by atoms with Crippen molar-refractivity contribution in [2.75, 3.05) is 11.9 Å². The molecule has 0 bridgehead atoms.